The number of rotatable bonds is 5. The third kappa shape index (κ3) is 4.37. The molecule has 3 aromatic carbocycles. The maximum absolute atomic E-state index is 13.8. The molecule has 11 heteroatoms. The number of fused-ring (bicyclic) bond motifs is 1. The molecule has 1 aromatic heterocycles. The number of nitrogens with one attached hydrogen (secondary N) is 2. The minimum atomic E-state index is -4.07. The van der Waals surface area contributed by atoms with Crippen molar-refractivity contribution in [2.45, 2.75) is 4.90 Å². The molecule has 0 aliphatic carbocycles. The Morgan fingerprint density at radius 1 is 0.935 bits per heavy atom. The molecule has 1 heterocycles. The van der Waals surface area contributed by atoms with Gasteiger partial charge in [-0.25, -0.2) is 26.6 Å². The number of thiazole rings is 1. The summed E-state index contributed by atoms with van der Waals surface area (Å²) >= 11 is 0.894. The molecule has 0 bridgehead atoms. The lowest BCUT2D eigenvalue weighted by atomic mass is 10.2. The molecule has 0 radical (unpaired) electrons. The van der Waals surface area contributed by atoms with Crippen LogP contribution >= 0.6 is 11.3 Å². The molecule has 31 heavy (non-hydrogen) atoms. The van der Waals surface area contributed by atoms with Crippen LogP contribution in [0.3, 0.4) is 0 Å². The normalized spacial score (nSPS) is 11.5. The molecule has 4 rings (SSSR count). The van der Waals surface area contributed by atoms with Crippen LogP contribution in [0.2, 0.25) is 0 Å². The number of halogens is 3. The number of aromatic nitrogens is 1. The van der Waals surface area contributed by atoms with Crippen LogP contribution < -0.4 is 10.0 Å². The second-order valence-electron chi connectivity index (χ2n) is 6.32. The van der Waals surface area contributed by atoms with Gasteiger partial charge in [-0.2, -0.15) is 0 Å². The fourth-order valence-corrected chi connectivity index (χ4v) is 4.68. The van der Waals surface area contributed by atoms with E-state index in [1.54, 1.807) is 0 Å². The zero-order valence-corrected chi connectivity index (χ0v) is 17.0. The summed E-state index contributed by atoms with van der Waals surface area (Å²) in [6.45, 7) is 0. The van der Waals surface area contributed by atoms with Gasteiger partial charge in [-0.05, 0) is 42.5 Å². The first kappa shape index (κ1) is 20.8. The van der Waals surface area contributed by atoms with Gasteiger partial charge in [0.2, 0.25) is 0 Å². The highest BCUT2D eigenvalue weighted by Crippen LogP contribution is 2.29. The average Bonchev–Trinajstić information content (AvgIpc) is 3.12. The van der Waals surface area contributed by atoms with Crippen LogP contribution in [0.15, 0.2) is 65.6 Å². The molecule has 1 amide bonds. The van der Waals surface area contributed by atoms with E-state index in [1.807, 2.05) is 0 Å². The Hall–Kier alpha value is -3.44. The quantitative estimate of drug-likeness (QED) is 0.447. The lowest BCUT2D eigenvalue weighted by Gasteiger charge is -2.09. The number of hydrogen-bond donors (Lipinski definition) is 2. The van der Waals surface area contributed by atoms with E-state index in [1.165, 1.54) is 42.5 Å². The van der Waals surface area contributed by atoms with E-state index in [9.17, 15) is 26.4 Å². The van der Waals surface area contributed by atoms with Crippen LogP contribution in [0.4, 0.5) is 24.0 Å². The fourth-order valence-electron chi connectivity index (χ4n) is 2.71. The van der Waals surface area contributed by atoms with Crippen molar-refractivity contribution in [1.29, 1.82) is 0 Å². The predicted octanol–water partition coefficient (Wildman–Crippen LogP) is 4.77. The molecule has 158 valence electrons. The molecule has 0 saturated heterocycles. The Bertz CT molecular complexity index is 1400. The van der Waals surface area contributed by atoms with E-state index in [0.717, 1.165) is 23.5 Å². The van der Waals surface area contributed by atoms with Crippen molar-refractivity contribution in [3.05, 3.63) is 83.7 Å². The summed E-state index contributed by atoms with van der Waals surface area (Å²) in [6, 6.07) is 12.0. The van der Waals surface area contributed by atoms with Gasteiger partial charge in [0.1, 0.15) is 17.2 Å². The fraction of sp³-hybridized carbons (Fsp3) is 0. The van der Waals surface area contributed by atoms with E-state index < -0.39 is 33.4 Å². The maximum atomic E-state index is 13.8. The van der Waals surface area contributed by atoms with E-state index in [2.05, 4.69) is 15.0 Å². The molecule has 0 aliphatic heterocycles. The van der Waals surface area contributed by atoms with E-state index in [4.69, 9.17) is 0 Å². The first-order chi connectivity index (χ1) is 14.7. The van der Waals surface area contributed by atoms with Crippen LogP contribution in [0.25, 0.3) is 10.2 Å². The summed E-state index contributed by atoms with van der Waals surface area (Å²) in [6.07, 6.45) is 0. The van der Waals surface area contributed by atoms with Crippen molar-refractivity contribution in [2.24, 2.45) is 0 Å². The summed E-state index contributed by atoms with van der Waals surface area (Å²) in [4.78, 5) is 16.2. The van der Waals surface area contributed by atoms with Gasteiger partial charge in [0.25, 0.3) is 15.9 Å². The summed E-state index contributed by atoms with van der Waals surface area (Å²) < 4.78 is 68.0. The van der Waals surface area contributed by atoms with Crippen molar-refractivity contribution in [2.75, 3.05) is 10.0 Å². The Morgan fingerprint density at radius 3 is 2.35 bits per heavy atom. The number of amides is 1. The van der Waals surface area contributed by atoms with Crippen molar-refractivity contribution in [3.63, 3.8) is 0 Å². The van der Waals surface area contributed by atoms with Crippen molar-refractivity contribution in [3.8, 4) is 0 Å². The Labute approximate surface area is 178 Å². The van der Waals surface area contributed by atoms with Gasteiger partial charge in [0, 0.05) is 11.6 Å². The van der Waals surface area contributed by atoms with Gasteiger partial charge in [-0.1, -0.05) is 23.5 Å². The lowest BCUT2D eigenvalue weighted by molar-refractivity contribution is 0.102. The predicted molar refractivity (Wildman–Crippen MR) is 111 cm³/mol. The highest BCUT2D eigenvalue weighted by molar-refractivity contribution is 7.92. The van der Waals surface area contributed by atoms with Gasteiger partial charge in [0.05, 0.1) is 15.3 Å². The van der Waals surface area contributed by atoms with Crippen molar-refractivity contribution < 1.29 is 26.4 Å². The van der Waals surface area contributed by atoms with Gasteiger partial charge in [-0.15, -0.1) is 0 Å². The van der Waals surface area contributed by atoms with E-state index in [0.29, 0.717) is 6.07 Å². The van der Waals surface area contributed by atoms with E-state index >= 15 is 0 Å². The molecule has 0 saturated carbocycles. The molecule has 4 aromatic rings. The number of carbonyl (C=O) groups is 1. The number of benzene rings is 3. The van der Waals surface area contributed by atoms with Crippen LogP contribution in [-0.4, -0.2) is 19.3 Å². The van der Waals surface area contributed by atoms with Gasteiger partial charge >= 0.3 is 0 Å². The number of hydrogen-bond acceptors (Lipinski definition) is 5. The Morgan fingerprint density at radius 2 is 1.65 bits per heavy atom. The zero-order chi connectivity index (χ0) is 22.2. The lowest BCUT2D eigenvalue weighted by Crippen LogP contribution is -2.15. The Kier molecular flexibility index (Phi) is 5.38. The summed E-state index contributed by atoms with van der Waals surface area (Å²) in [5, 5.41) is 2.52. The van der Waals surface area contributed by atoms with Crippen molar-refractivity contribution >= 4 is 48.3 Å². The number of anilines is 2. The summed E-state index contributed by atoms with van der Waals surface area (Å²) in [5.74, 6) is -2.95. The average molecular weight is 463 g/mol. The summed E-state index contributed by atoms with van der Waals surface area (Å²) in [7, 11) is -4.07. The molecule has 2 N–H and O–H groups in total. The molecule has 0 atom stereocenters. The monoisotopic (exact) mass is 463 g/mol. The van der Waals surface area contributed by atoms with Crippen LogP contribution in [0.5, 0.6) is 0 Å². The Balaban J connectivity index is 1.52. The van der Waals surface area contributed by atoms with Gasteiger partial charge in [-0.3, -0.25) is 14.8 Å². The minimum absolute atomic E-state index is 0.0578. The molecule has 0 spiro atoms. The smallest absolute Gasteiger partial charge is 0.261 e. The number of carbonyl (C=O) groups excluding carboxylic acids is 1. The minimum Gasteiger partial charge on any atom is -0.298 e. The standard InChI is InChI=1S/C20H12F3N3O3S2/c21-12-9-15(23)18-17(10-12)30-20(24-18)25-19(27)11-5-7-13(8-6-11)31(28,29)26-16-4-2-1-3-14(16)22/h1-10,26H,(H,24,25,27). The molecular weight excluding hydrogens is 451 g/mol. The number of nitrogens with zero attached hydrogens (tertiary/aromatic N) is 1. The van der Waals surface area contributed by atoms with Gasteiger partial charge in [0.15, 0.2) is 10.9 Å². The highest BCUT2D eigenvalue weighted by Gasteiger charge is 2.18. The van der Waals surface area contributed by atoms with Gasteiger partial charge < -0.3 is 0 Å². The van der Waals surface area contributed by atoms with E-state index in [-0.39, 0.29) is 31.5 Å². The van der Waals surface area contributed by atoms with Crippen LogP contribution in [-0.2, 0) is 10.0 Å². The molecule has 0 fully saturated rings. The highest BCUT2D eigenvalue weighted by atomic mass is 32.2. The molecule has 6 nitrogen and oxygen atoms in total. The topological polar surface area (TPSA) is 88.2 Å². The van der Waals surface area contributed by atoms with Crippen LogP contribution in [0, 0.1) is 17.5 Å². The second-order valence-corrected chi connectivity index (χ2v) is 9.03. The second kappa shape index (κ2) is 8.00. The number of sulfonamides is 1. The first-order valence-corrected chi connectivity index (χ1v) is 11.0. The van der Waals surface area contributed by atoms with Crippen molar-refractivity contribution in [1.82, 2.24) is 4.98 Å². The maximum Gasteiger partial charge on any atom is 0.261 e. The number of para-hydroxylation sites is 1. The summed E-state index contributed by atoms with van der Waals surface area (Å²) in [5.41, 5.74) is -0.165. The first-order valence-electron chi connectivity index (χ1n) is 8.67. The molecule has 0 unspecified atom stereocenters. The largest absolute Gasteiger partial charge is 0.298 e. The molecule has 0 aliphatic rings. The third-order valence-corrected chi connectivity index (χ3v) is 6.48. The third-order valence-electron chi connectivity index (χ3n) is 4.18. The SMILES string of the molecule is O=C(Nc1nc2c(F)cc(F)cc2s1)c1ccc(S(=O)(=O)Nc2ccccc2F)cc1. The zero-order valence-electron chi connectivity index (χ0n) is 15.4. The molecular formula is C20H12F3N3O3S2. The van der Waals surface area contributed by atoms with Crippen LogP contribution in [0.1, 0.15) is 10.4 Å².